The van der Waals surface area contributed by atoms with Crippen LogP contribution in [0.3, 0.4) is 0 Å². The van der Waals surface area contributed by atoms with Crippen LogP contribution in [-0.2, 0) is 16.1 Å². The Morgan fingerprint density at radius 2 is 1.88 bits per heavy atom. The predicted molar refractivity (Wildman–Crippen MR) is 131 cm³/mol. The van der Waals surface area contributed by atoms with Gasteiger partial charge in [0.05, 0.1) is 23.7 Å². The van der Waals surface area contributed by atoms with E-state index in [1.165, 1.54) is 18.1 Å². The van der Waals surface area contributed by atoms with E-state index in [0.29, 0.717) is 16.9 Å². The Balaban J connectivity index is 1.85. The van der Waals surface area contributed by atoms with Crippen molar-refractivity contribution < 1.29 is 19.4 Å². The van der Waals surface area contributed by atoms with Crippen molar-refractivity contribution in [3.05, 3.63) is 94.3 Å². The predicted octanol–water partition coefficient (Wildman–Crippen LogP) is 4.43. The molecule has 7 nitrogen and oxygen atoms in total. The lowest BCUT2D eigenvalue weighted by molar-refractivity contribution is -0.140. The summed E-state index contributed by atoms with van der Waals surface area (Å²) in [4.78, 5) is 33.9. The van der Waals surface area contributed by atoms with Crippen molar-refractivity contribution in [2.75, 3.05) is 26.1 Å². The summed E-state index contributed by atoms with van der Waals surface area (Å²) in [6.45, 7) is 0.165. The van der Waals surface area contributed by atoms with Gasteiger partial charge in [0.25, 0.3) is 11.7 Å². The van der Waals surface area contributed by atoms with Gasteiger partial charge in [-0.2, -0.15) is 0 Å². The molecule has 0 aliphatic carbocycles. The second-order valence-electron chi connectivity index (χ2n) is 8.12. The molecular formula is C26H24ClN3O4. The minimum absolute atomic E-state index is 0.00715. The number of halogens is 1. The first-order valence-electron chi connectivity index (χ1n) is 10.6. The van der Waals surface area contributed by atoms with Gasteiger partial charge in [-0.1, -0.05) is 29.8 Å². The van der Waals surface area contributed by atoms with Crippen LogP contribution in [0, 0.1) is 0 Å². The van der Waals surface area contributed by atoms with Gasteiger partial charge in [0.1, 0.15) is 11.5 Å². The van der Waals surface area contributed by atoms with Gasteiger partial charge in [-0.05, 0) is 47.5 Å². The number of hydrogen-bond acceptors (Lipinski definition) is 6. The minimum Gasteiger partial charge on any atom is -0.507 e. The first kappa shape index (κ1) is 23.3. The van der Waals surface area contributed by atoms with Gasteiger partial charge in [0.2, 0.25) is 0 Å². The van der Waals surface area contributed by atoms with E-state index in [9.17, 15) is 14.7 Å². The standard InChI is InChI=1S/C26H24ClN3O4/c1-29(2)19-9-6-17(7-10-19)23-22(24(31)18-8-11-21(34-3)20(27)13-18)25(32)26(33)30(23)15-16-5-4-12-28-14-16/h4-14,23,31H,15H2,1-3H3/b24-22-. The first-order chi connectivity index (χ1) is 16.3. The first-order valence-corrected chi connectivity index (χ1v) is 11.0. The third-order valence-electron chi connectivity index (χ3n) is 5.77. The molecule has 0 radical (unpaired) electrons. The Kier molecular flexibility index (Phi) is 6.56. The van der Waals surface area contributed by atoms with Gasteiger partial charge < -0.3 is 19.6 Å². The number of likely N-dealkylation sites (tertiary alicyclic amines) is 1. The number of nitrogens with zero attached hydrogens (tertiary/aromatic N) is 3. The third kappa shape index (κ3) is 4.34. The van der Waals surface area contributed by atoms with Gasteiger partial charge >= 0.3 is 0 Å². The highest BCUT2D eigenvalue weighted by Gasteiger charge is 2.46. The molecule has 1 fully saturated rings. The van der Waals surface area contributed by atoms with E-state index >= 15 is 0 Å². The number of aliphatic hydroxyl groups excluding tert-OH is 1. The molecule has 34 heavy (non-hydrogen) atoms. The maximum atomic E-state index is 13.2. The fraction of sp³-hybridized carbons (Fsp3) is 0.192. The molecule has 1 aliphatic heterocycles. The minimum atomic E-state index is -0.780. The number of carbonyl (C=O) groups is 2. The molecule has 1 saturated heterocycles. The van der Waals surface area contributed by atoms with Crippen molar-refractivity contribution >= 4 is 34.7 Å². The fourth-order valence-corrected chi connectivity index (χ4v) is 4.26. The number of ketones is 1. The summed E-state index contributed by atoms with van der Waals surface area (Å²) >= 11 is 6.25. The van der Waals surface area contributed by atoms with Crippen LogP contribution in [-0.4, -0.2) is 47.9 Å². The number of anilines is 1. The maximum Gasteiger partial charge on any atom is 0.295 e. The van der Waals surface area contributed by atoms with E-state index in [2.05, 4.69) is 4.98 Å². The maximum absolute atomic E-state index is 13.2. The number of methoxy groups -OCH3 is 1. The molecule has 1 aliphatic rings. The number of ether oxygens (including phenoxy) is 1. The van der Waals surface area contributed by atoms with Crippen molar-refractivity contribution in [2.45, 2.75) is 12.6 Å². The highest BCUT2D eigenvalue weighted by Crippen LogP contribution is 2.41. The Labute approximate surface area is 202 Å². The van der Waals surface area contributed by atoms with Crippen molar-refractivity contribution in [1.82, 2.24) is 9.88 Å². The highest BCUT2D eigenvalue weighted by atomic mass is 35.5. The Morgan fingerprint density at radius 1 is 1.15 bits per heavy atom. The molecule has 0 saturated carbocycles. The normalized spacial score (nSPS) is 17.2. The lowest BCUT2D eigenvalue weighted by Gasteiger charge is -2.26. The summed E-state index contributed by atoms with van der Waals surface area (Å²) in [7, 11) is 5.34. The molecule has 2 aromatic carbocycles. The van der Waals surface area contributed by atoms with Crippen LogP contribution in [0.4, 0.5) is 5.69 Å². The number of hydrogen-bond donors (Lipinski definition) is 1. The molecule has 4 rings (SSSR count). The zero-order valence-electron chi connectivity index (χ0n) is 19.0. The molecule has 0 spiro atoms. The molecule has 0 bridgehead atoms. The van der Waals surface area contributed by atoms with Crippen molar-refractivity contribution in [1.29, 1.82) is 0 Å². The number of Topliss-reactive ketones (excluding diaryl/α,β-unsaturated/α-hetero) is 1. The smallest absolute Gasteiger partial charge is 0.295 e. The van der Waals surface area contributed by atoms with Crippen LogP contribution in [0.5, 0.6) is 5.75 Å². The van der Waals surface area contributed by atoms with Gasteiger partial charge in [-0.15, -0.1) is 0 Å². The quantitative estimate of drug-likeness (QED) is 0.321. The van der Waals surface area contributed by atoms with Gasteiger partial charge in [-0.3, -0.25) is 14.6 Å². The number of amides is 1. The molecule has 1 amide bonds. The molecule has 1 aromatic heterocycles. The topological polar surface area (TPSA) is 83.0 Å². The molecule has 3 aromatic rings. The van der Waals surface area contributed by atoms with Gasteiger partial charge in [0, 0.05) is 44.3 Å². The Morgan fingerprint density at radius 3 is 2.47 bits per heavy atom. The molecule has 1 N–H and O–H groups in total. The van der Waals surface area contributed by atoms with Crippen molar-refractivity contribution in [3.8, 4) is 5.75 Å². The zero-order valence-corrected chi connectivity index (χ0v) is 19.8. The van der Waals surface area contributed by atoms with Crippen LogP contribution in [0.2, 0.25) is 5.02 Å². The molecular weight excluding hydrogens is 454 g/mol. The van der Waals surface area contributed by atoms with Crippen molar-refractivity contribution in [3.63, 3.8) is 0 Å². The second-order valence-corrected chi connectivity index (χ2v) is 8.53. The Bertz CT molecular complexity index is 1260. The molecule has 8 heteroatoms. The van der Waals surface area contributed by atoms with Crippen LogP contribution >= 0.6 is 11.6 Å². The summed E-state index contributed by atoms with van der Waals surface area (Å²) in [5, 5.41) is 11.5. The molecule has 2 heterocycles. The van der Waals surface area contributed by atoms with Crippen LogP contribution < -0.4 is 9.64 Å². The number of rotatable bonds is 6. The average molecular weight is 478 g/mol. The van der Waals surface area contributed by atoms with Crippen LogP contribution in [0.15, 0.2) is 72.6 Å². The number of benzene rings is 2. The number of aliphatic hydroxyl groups is 1. The van der Waals surface area contributed by atoms with E-state index in [4.69, 9.17) is 16.3 Å². The second kappa shape index (κ2) is 9.57. The lowest BCUT2D eigenvalue weighted by atomic mass is 9.95. The van der Waals surface area contributed by atoms with E-state index < -0.39 is 17.7 Å². The SMILES string of the molecule is COc1ccc(/C(O)=C2/C(=O)C(=O)N(Cc3cccnc3)C2c2ccc(N(C)C)cc2)cc1Cl. The number of pyridine rings is 1. The summed E-state index contributed by atoms with van der Waals surface area (Å²) in [6, 6.07) is 15.1. The molecule has 1 unspecified atom stereocenters. The lowest BCUT2D eigenvalue weighted by Crippen LogP contribution is -2.29. The molecule has 174 valence electrons. The summed E-state index contributed by atoms with van der Waals surface area (Å²) < 4.78 is 5.18. The van der Waals surface area contributed by atoms with E-state index in [-0.39, 0.29) is 22.9 Å². The monoisotopic (exact) mass is 477 g/mol. The van der Waals surface area contributed by atoms with Gasteiger partial charge in [0.15, 0.2) is 0 Å². The fourth-order valence-electron chi connectivity index (χ4n) is 4.00. The van der Waals surface area contributed by atoms with E-state index in [0.717, 1.165) is 11.3 Å². The number of aromatic nitrogens is 1. The van der Waals surface area contributed by atoms with E-state index in [1.54, 1.807) is 30.6 Å². The Hall–Kier alpha value is -3.84. The average Bonchev–Trinajstić information content (AvgIpc) is 3.09. The zero-order chi connectivity index (χ0) is 24.4. The largest absolute Gasteiger partial charge is 0.507 e. The highest BCUT2D eigenvalue weighted by molar-refractivity contribution is 6.46. The summed E-state index contributed by atoms with van der Waals surface area (Å²) in [6.07, 6.45) is 3.29. The van der Waals surface area contributed by atoms with Crippen molar-refractivity contribution in [2.24, 2.45) is 0 Å². The number of carbonyl (C=O) groups excluding carboxylic acids is 2. The van der Waals surface area contributed by atoms with Crippen LogP contribution in [0.25, 0.3) is 5.76 Å². The van der Waals surface area contributed by atoms with Gasteiger partial charge in [-0.25, -0.2) is 0 Å². The van der Waals surface area contributed by atoms with Crippen LogP contribution in [0.1, 0.15) is 22.7 Å². The van der Waals surface area contributed by atoms with E-state index in [1.807, 2.05) is 49.3 Å². The third-order valence-corrected chi connectivity index (χ3v) is 6.06. The summed E-state index contributed by atoms with van der Waals surface area (Å²) in [5.74, 6) is -1.30. The molecule has 1 atom stereocenters. The summed E-state index contributed by atoms with van der Waals surface area (Å²) in [5.41, 5.74) is 2.77.